The van der Waals surface area contributed by atoms with Crippen LogP contribution in [0.25, 0.3) is 0 Å². The Kier molecular flexibility index (Phi) is 6.36. The van der Waals surface area contributed by atoms with Crippen molar-refractivity contribution in [2.75, 3.05) is 5.33 Å². The third kappa shape index (κ3) is 5.20. The van der Waals surface area contributed by atoms with Gasteiger partial charge in [0.2, 0.25) is 0 Å². The first-order valence-electron chi connectivity index (χ1n) is 4.16. The van der Waals surface area contributed by atoms with Crippen LogP contribution < -0.4 is 0 Å². The van der Waals surface area contributed by atoms with Gasteiger partial charge in [0.25, 0.3) is 0 Å². The van der Waals surface area contributed by atoms with E-state index in [9.17, 15) is 0 Å². The minimum Gasteiger partial charge on any atom is -0.114 e. The van der Waals surface area contributed by atoms with Gasteiger partial charge in [-0.2, -0.15) is 0 Å². The molecule has 0 aliphatic carbocycles. The fourth-order valence-electron chi connectivity index (χ4n) is 0.630. The van der Waals surface area contributed by atoms with E-state index in [1.165, 1.54) is 0 Å². The summed E-state index contributed by atoms with van der Waals surface area (Å²) in [7, 11) is 0. The molecule has 0 amide bonds. The lowest BCUT2D eigenvalue weighted by atomic mass is 10.1. The van der Waals surface area contributed by atoms with Gasteiger partial charge in [0, 0.05) is 5.33 Å². The molecule has 0 aliphatic rings. The number of halogens is 4. The topological polar surface area (TPSA) is 0 Å². The van der Waals surface area contributed by atoms with Crippen molar-refractivity contribution in [3.63, 3.8) is 0 Å². The summed E-state index contributed by atoms with van der Waals surface area (Å²) in [5.74, 6) is 0. The maximum atomic E-state index is 6.17. The van der Waals surface area contributed by atoms with Gasteiger partial charge in [0.1, 0.15) is 0 Å². The third-order valence-electron chi connectivity index (χ3n) is 1.81. The fraction of sp³-hybridized carbons (Fsp3) is 0.600. The van der Waals surface area contributed by atoms with E-state index < -0.39 is 4.87 Å². The van der Waals surface area contributed by atoms with Gasteiger partial charge in [-0.3, -0.25) is 0 Å². The monoisotopic (exact) mass is 362 g/mol. The molecule has 0 heterocycles. The molecule has 0 aromatic carbocycles. The summed E-state index contributed by atoms with van der Waals surface area (Å²) in [6.07, 6.45) is 5.58. The van der Waals surface area contributed by atoms with E-state index in [4.69, 9.17) is 23.2 Å². The van der Waals surface area contributed by atoms with Gasteiger partial charge < -0.3 is 0 Å². The Morgan fingerprint density at radius 3 is 2.29 bits per heavy atom. The first kappa shape index (κ1) is 15.0. The van der Waals surface area contributed by atoms with Crippen LogP contribution in [0.4, 0.5) is 0 Å². The van der Waals surface area contributed by atoms with E-state index in [1.54, 1.807) is 6.08 Å². The Morgan fingerprint density at radius 2 is 1.93 bits per heavy atom. The highest BCUT2D eigenvalue weighted by atomic mass is 79.9. The van der Waals surface area contributed by atoms with Crippen molar-refractivity contribution in [1.29, 1.82) is 0 Å². The molecule has 0 fully saturated rings. The van der Waals surface area contributed by atoms with Crippen LogP contribution in [0.5, 0.6) is 0 Å². The van der Waals surface area contributed by atoms with E-state index in [2.05, 4.69) is 38.4 Å². The zero-order valence-corrected chi connectivity index (χ0v) is 12.9. The fourth-order valence-corrected chi connectivity index (χ4v) is 1.30. The lowest BCUT2D eigenvalue weighted by molar-refractivity contribution is 0.807. The van der Waals surface area contributed by atoms with E-state index in [0.717, 1.165) is 0 Å². The summed E-state index contributed by atoms with van der Waals surface area (Å²) in [6, 6.07) is 0. The van der Waals surface area contributed by atoms with Gasteiger partial charge in [-0.1, -0.05) is 50.1 Å². The Balaban J connectivity index is 4.46. The van der Waals surface area contributed by atoms with E-state index in [0.29, 0.717) is 5.33 Å². The average Bonchev–Trinajstić information content (AvgIpc) is 2.14. The predicted molar refractivity (Wildman–Crippen MR) is 74.4 cm³/mol. The van der Waals surface area contributed by atoms with Crippen LogP contribution in [0, 0.1) is 0 Å². The molecule has 0 aromatic heterocycles. The molecule has 0 spiro atoms. The van der Waals surface area contributed by atoms with Gasteiger partial charge in [0.05, 0.1) is 14.6 Å². The van der Waals surface area contributed by atoms with Crippen LogP contribution in [-0.2, 0) is 0 Å². The van der Waals surface area contributed by atoms with E-state index in [1.807, 2.05) is 26.0 Å². The molecule has 0 N–H and O–H groups in total. The summed E-state index contributed by atoms with van der Waals surface area (Å²) in [4.78, 5) is -0.845. The van der Waals surface area contributed by atoms with Crippen LogP contribution in [-0.4, -0.2) is 19.9 Å². The summed E-state index contributed by atoms with van der Waals surface area (Å²) in [6.45, 7) is 7.50. The second kappa shape index (κ2) is 5.93. The maximum Gasteiger partial charge on any atom is 0.0754 e. The van der Waals surface area contributed by atoms with Crippen molar-refractivity contribution in [2.24, 2.45) is 0 Å². The largest absolute Gasteiger partial charge is 0.114 e. The van der Waals surface area contributed by atoms with Crippen molar-refractivity contribution in [3.8, 4) is 0 Å². The summed E-state index contributed by atoms with van der Waals surface area (Å²) in [5, 5.41) is 0.699. The smallest absolute Gasteiger partial charge is 0.0754 e. The summed E-state index contributed by atoms with van der Waals surface area (Å²) in [5.41, 5.74) is 0. The molecule has 82 valence electrons. The summed E-state index contributed by atoms with van der Waals surface area (Å²) >= 11 is 19.1. The number of hydrogen-bond acceptors (Lipinski definition) is 0. The molecule has 0 bridgehead atoms. The highest BCUT2D eigenvalue weighted by molar-refractivity contribution is 9.09. The molecule has 0 aromatic rings. The van der Waals surface area contributed by atoms with Crippen molar-refractivity contribution >= 4 is 55.1 Å². The Hall–Kier alpha value is 1.02. The van der Waals surface area contributed by atoms with Gasteiger partial charge in [-0.15, -0.1) is 29.8 Å². The molecule has 0 saturated carbocycles. The second-order valence-corrected chi connectivity index (χ2v) is 6.75. The van der Waals surface area contributed by atoms with Crippen molar-refractivity contribution in [1.82, 2.24) is 0 Å². The number of alkyl halides is 4. The molecule has 0 radical (unpaired) electrons. The summed E-state index contributed by atoms with van der Waals surface area (Å²) < 4.78 is 0. The normalized spacial score (nSPS) is 22.7. The lowest BCUT2D eigenvalue weighted by Crippen LogP contribution is -2.25. The highest BCUT2D eigenvalue weighted by Crippen LogP contribution is 2.29. The number of rotatable bonds is 5. The molecule has 14 heavy (non-hydrogen) atoms. The molecule has 3 atom stereocenters. The third-order valence-corrected chi connectivity index (χ3v) is 5.47. The van der Waals surface area contributed by atoms with E-state index in [-0.39, 0.29) is 9.70 Å². The van der Waals surface area contributed by atoms with Crippen molar-refractivity contribution < 1.29 is 0 Å². The Morgan fingerprint density at radius 1 is 1.43 bits per heavy atom. The lowest BCUT2D eigenvalue weighted by Gasteiger charge is -2.22. The first-order valence-corrected chi connectivity index (χ1v) is 6.95. The van der Waals surface area contributed by atoms with Gasteiger partial charge >= 0.3 is 0 Å². The molecule has 0 aliphatic heterocycles. The van der Waals surface area contributed by atoms with Crippen LogP contribution in [0.15, 0.2) is 24.8 Å². The second-order valence-electron chi connectivity index (χ2n) is 3.53. The average molecular weight is 365 g/mol. The standard InChI is InChI=1S/C10H14Br2Cl2/c1-4-10(3,14)8(12)5-6-9(2,13)7-11/h4-6,8H,1,7H2,2-3H3/b6-5+/t8-,9-,10+/m0/s1. The van der Waals surface area contributed by atoms with Crippen molar-refractivity contribution in [2.45, 2.75) is 28.4 Å². The van der Waals surface area contributed by atoms with Crippen LogP contribution in [0.1, 0.15) is 13.8 Å². The molecule has 0 unspecified atom stereocenters. The van der Waals surface area contributed by atoms with Crippen LogP contribution in [0.3, 0.4) is 0 Å². The predicted octanol–water partition coefficient (Wildman–Crippen LogP) is 4.88. The molecule has 0 saturated heterocycles. The zero-order chi connectivity index (χ0) is 11.4. The van der Waals surface area contributed by atoms with Crippen LogP contribution >= 0.6 is 55.1 Å². The molecular formula is C10H14Br2Cl2. The molecule has 0 rings (SSSR count). The maximum absolute atomic E-state index is 6.17. The first-order chi connectivity index (χ1) is 6.25. The zero-order valence-electron chi connectivity index (χ0n) is 8.24. The van der Waals surface area contributed by atoms with E-state index >= 15 is 0 Å². The van der Waals surface area contributed by atoms with Crippen LogP contribution in [0.2, 0.25) is 0 Å². The quantitative estimate of drug-likeness (QED) is 0.481. The van der Waals surface area contributed by atoms with Gasteiger partial charge in [-0.05, 0) is 13.8 Å². The van der Waals surface area contributed by atoms with Gasteiger partial charge in [0.15, 0.2) is 0 Å². The Labute approximate surface area is 113 Å². The number of hydrogen-bond donors (Lipinski definition) is 0. The minimum absolute atomic E-state index is 0.0197. The van der Waals surface area contributed by atoms with Gasteiger partial charge in [-0.25, -0.2) is 0 Å². The number of allylic oxidation sites excluding steroid dienone is 3. The van der Waals surface area contributed by atoms with Crippen molar-refractivity contribution in [3.05, 3.63) is 24.8 Å². The minimum atomic E-state index is -0.490. The Bertz CT molecular complexity index is 222. The highest BCUT2D eigenvalue weighted by Gasteiger charge is 2.25. The molecule has 4 heteroatoms. The molecular weight excluding hydrogens is 351 g/mol. The SMILES string of the molecule is C=C[C@@](C)(Cl)[C@@H](Br)/C=C/[C@](C)(Cl)CBr. The molecule has 0 nitrogen and oxygen atoms in total.